The van der Waals surface area contributed by atoms with Gasteiger partial charge in [0.05, 0.1) is 11.5 Å². The van der Waals surface area contributed by atoms with Gasteiger partial charge in [0.25, 0.3) is 0 Å². The lowest BCUT2D eigenvalue weighted by molar-refractivity contribution is 0.600. The molecule has 0 aliphatic carbocycles. The molecule has 0 bridgehead atoms. The van der Waals surface area contributed by atoms with Gasteiger partial charge >= 0.3 is 0 Å². The summed E-state index contributed by atoms with van der Waals surface area (Å²) in [6.45, 7) is 0. The van der Waals surface area contributed by atoms with E-state index in [1.165, 1.54) is 0 Å². The van der Waals surface area contributed by atoms with Gasteiger partial charge in [0.1, 0.15) is 0 Å². The van der Waals surface area contributed by atoms with Gasteiger partial charge in [-0.15, -0.1) is 0 Å². The molecule has 1 aliphatic rings. The predicted molar refractivity (Wildman–Crippen MR) is 80.6 cm³/mol. The molecule has 2 rings (SSSR count). The second kappa shape index (κ2) is 5.54. The Morgan fingerprint density at radius 2 is 2.22 bits per heavy atom. The van der Waals surface area contributed by atoms with Crippen LogP contribution in [-0.4, -0.2) is 31.1 Å². The highest BCUT2D eigenvalue weighted by Crippen LogP contribution is 2.16. The summed E-state index contributed by atoms with van der Waals surface area (Å²) in [4.78, 5) is 0. The first-order chi connectivity index (χ1) is 8.44. The smallest absolute Gasteiger partial charge is 0.171 e. The summed E-state index contributed by atoms with van der Waals surface area (Å²) >= 11 is 8.53. The lowest BCUT2D eigenvalue weighted by atomic mass is 10.3. The highest BCUT2D eigenvalue weighted by atomic mass is 79.9. The highest BCUT2D eigenvalue weighted by Gasteiger charge is 2.28. The number of hydrogen-bond donors (Lipinski definition) is 2. The number of rotatable bonds is 2. The number of thiocarbonyl (C=S) groups is 1. The second-order valence-corrected chi connectivity index (χ2v) is 7.76. The van der Waals surface area contributed by atoms with Gasteiger partial charge in [-0.1, -0.05) is 22.0 Å². The predicted octanol–water partition coefficient (Wildman–Crippen LogP) is 1.92. The third-order valence-electron chi connectivity index (χ3n) is 2.65. The molecule has 98 valence electrons. The van der Waals surface area contributed by atoms with Crippen LogP contribution in [0.1, 0.15) is 6.42 Å². The Bertz CT molecular complexity index is 560. The van der Waals surface area contributed by atoms with Crippen LogP contribution in [0.5, 0.6) is 0 Å². The Balaban J connectivity index is 1.90. The van der Waals surface area contributed by atoms with Crippen molar-refractivity contribution in [3.05, 3.63) is 28.7 Å². The fourth-order valence-electron chi connectivity index (χ4n) is 1.83. The van der Waals surface area contributed by atoms with Crippen LogP contribution in [0.25, 0.3) is 0 Å². The Morgan fingerprint density at radius 3 is 2.83 bits per heavy atom. The van der Waals surface area contributed by atoms with Gasteiger partial charge in [0.2, 0.25) is 0 Å². The van der Waals surface area contributed by atoms with E-state index in [0.717, 1.165) is 10.2 Å². The van der Waals surface area contributed by atoms with Crippen molar-refractivity contribution in [2.45, 2.75) is 12.5 Å². The molecule has 7 heteroatoms. The fraction of sp³-hybridized carbons (Fsp3) is 0.364. The van der Waals surface area contributed by atoms with E-state index in [0.29, 0.717) is 11.5 Å². The molecule has 4 nitrogen and oxygen atoms in total. The van der Waals surface area contributed by atoms with Crippen LogP contribution in [0.2, 0.25) is 0 Å². The standard InChI is InChI=1S/C11H13BrN2O2S2/c12-8-2-1-3-9(6-8)13-11(17)14-10-4-5-18(15,16)7-10/h1-3,6,10H,4-5,7H2,(H2,13,14,17)/t10-/m0/s1. The summed E-state index contributed by atoms with van der Waals surface area (Å²) in [5, 5.41) is 6.51. The third-order valence-corrected chi connectivity index (χ3v) is 5.13. The van der Waals surface area contributed by atoms with Crippen molar-refractivity contribution in [1.29, 1.82) is 0 Å². The minimum atomic E-state index is -2.88. The number of anilines is 1. The zero-order valence-electron chi connectivity index (χ0n) is 9.52. The third kappa shape index (κ3) is 3.93. The lowest BCUT2D eigenvalue weighted by Gasteiger charge is -2.14. The minimum absolute atomic E-state index is 0.0813. The van der Waals surface area contributed by atoms with E-state index in [-0.39, 0.29) is 17.5 Å². The van der Waals surface area contributed by atoms with Crippen LogP contribution in [0.3, 0.4) is 0 Å². The molecule has 1 aromatic rings. The molecule has 2 N–H and O–H groups in total. The molecule has 0 amide bonds. The molecule has 18 heavy (non-hydrogen) atoms. The number of sulfone groups is 1. The largest absolute Gasteiger partial charge is 0.359 e. The highest BCUT2D eigenvalue weighted by molar-refractivity contribution is 9.10. The van der Waals surface area contributed by atoms with E-state index in [9.17, 15) is 8.42 Å². The van der Waals surface area contributed by atoms with Crippen LogP contribution < -0.4 is 10.6 Å². The van der Waals surface area contributed by atoms with Gasteiger partial charge in [-0.25, -0.2) is 8.42 Å². The fourth-order valence-corrected chi connectivity index (χ4v) is 4.18. The van der Waals surface area contributed by atoms with Crippen molar-refractivity contribution in [2.75, 3.05) is 16.8 Å². The van der Waals surface area contributed by atoms with Gasteiger partial charge < -0.3 is 10.6 Å². The Hall–Kier alpha value is -0.660. The molecule has 1 fully saturated rings. The monoisotopic (exact) mass is 348 g/mol. The zero-order valence-corrected chi connectivity index (χ0v) is 12.7. The molecule has 1 saturated heterocycles. The molecule has 0 spiro atoms. The molecule has 0 aromatic heterocycles. The number of benzene rings is 1. The van der Waals surface area contributed by atoms with Gasteiger partial charge in [-0.05, 0) is 36.8 Å². The maximum atomic E-state index is 11.3. The summed E-state index contributed by atoms with van der Waals surface area (Å²) in [6, 6.07) is 7.53. The number of nitrogens with one attached hydrogen (secondary N) is 2. The molecule has 1 heterocycles. The van der Waals surface area contributed by atoms with Crippen molar-refractivity contribution in [3.63, 3.8) is 0 Å². The van der Waals surface area contributed by atoms with E-state index >= 15 is 0 Å². The van der Waals surface area contributed by atoms with E-state index in [4.69, 9.17) is 12.2 Å². The summed E-state index contributed by atoms with van der Waals surface area (Å²) < 4.78 is 23.6. The number of hydrogen-bond acceptors (Lipinski definition) is 3. The van der Waals surface area contributed by atoms with Crippen molar-refractivity contribution in [3.8, 4) is 0 Å². The second-order valence-electron chi connectivity index (χ2n) is 4.21. The van der Waals surface area contributed by atoms with Gasteiger partial charge in [-0.2, -0.15) is 0 Å². The normalized spacial score (nSPS) is 21.5. The van der Waals surface area contributed by atoms with Crippen LogP contribution >= 0.6 is 28.1 Å². The summed E-state index contributed by atoms with van der Waals surface area (Å²) in [5.41, 5.74) is 0.864. The SMILES string of the molecule is O=S1(=O)CC[C@H](NC(=S)Nc2cccc(Br)c2)C1. The summed E-state index contributed by atoms with van der Waals surface area (Å²) in [5.74, 6) is 0.400. The van der Waals surface area contributed by atoms with Gasteiger partial charge in [0, 0.05) is 16.2 Å². The first-order valence-electron chi connectivity index (χ1n) is 5.48. The molecule has 1 aliphatic heterocycles. The van der Waals surface area contributed by atoms with E-state index in [1.54, 1.807) is 0 Å². The molecule has 1 aromatic carbocycles. The Morgan fingerprint density at radius 1 is 1.44 bits per heavy atom. The molecular weight excluding hydrogens is 336 g/mol. The van der Waals surface area contributed by atoms with E-state index in [2.05, 4.69) is 26.6 Å². The van der Waals surface area contributed by atoms with Gasteiger partial charge in [-0.3, -0.25) is 0 Å². The van der Waals surface area contributed by atoms with Crippen molar-refractivity contribution >= 4 is 48.8 Å². The zero-order chi connectivity index (χ0) is 13.2. The molecule has 0 saturated carbocycles. The topological polar surface area (TPSA) is 58.2 Å². The van der Waals surface area contributed by atoms with E-state index in [1.807, 2.05) is 24.3 Å². The Kier molecular flexibility index (Phi) is 4.24. The van der Waals surface area contributed by atoms with Crippen molar-refractivity contribution in [1.82, 2.24) is 5.32 Å². The molecule has 0 unspecified atom stereocenters. The van der Waals surface area contributed by atoms with Crippen LogP contribution in [-0.2, 0) is 9.84 Å². The summed E-state index contributed by atoms with van der Waals surface area (Å²) in [7, 11) is -2.88. The first-order valence-corrected chi connectivity index (χ1v) is 8.50. The van der Waals surface area contributed by atoms with Crippen LogP contribution in [0, 0.1) is 0 Å². The first kappa shape index (κ1) is 13.8. The van der Waals surface area contributed by atoms with Crippen LogP contribution in [0.15, 0.2) is 28.7 Å². The molecular formula is C11H13BrN2O2S2. The minimum Gasteiger partial charge on any atom is -0.359 e. The maximum Gasteiger partial charge on any atom is 0.171 e. The van der Waals surface area contributed by atoms with Crippen molar-refractivity contribution in [2.24, 2.45) is 0 Å². The Labute approximate surface area is 120 Å². The summed E-state index contributed by atoms with van der Waals surface area (Å²) in [6.07, 6.45) is 0.614. The lowest BCUT2D eigenvalue weighted by Crippen LogP contribution is -2.38. The quantitative estimate of drug-likeness (QED) is 0.799. The average molecular weight is 349 g/mol. The number of halogens is 1. The van der Waals surface area contributed by atoms with E-state index < -0.39 is 9.84 Å². The van der Waals surface area contributed by atoms with Crippen LogP contribution in [0.4, 0.5) is 5.69 Å². The molecule has 1 atom stereocenters. The maximum absolute atomic E-state index is 11.3. The molecule has 0 radical (unpaired) electrons. The van der Waals surface area contributed by atoms with Crippen molar-refractivity contribution < 1.29 is 8.42 Å². The van der Waals surface area contributed by atoms with Gasteiger partial charge in [0.15, 0.2) is 14.9 Å². The average Bonchev–Trinajstić information content (AvgIpc) is 2.57.